The molecule has 1 aliphatic rings. The summed E-state index contributed by atoms with van der Waals surface area (Å²) in [7, 11) is -3.10. The highest BCUT2D eigenvalue weighted by Gasteiger charge is 2.35. The van der Waals surface area contributed by atoms with Crippen molar-refractivity contribution in [2.24, 2.45) is 0 Å². The van der Waals surface area contributed by atoms with Gasteiger partial charge >= 0.3 is 0 Å². The van der Waals surface area contributed by atoms with Crippen LogP contribution in [0.15, 0.2) is 61.2 Å². The number of carbonyl (C=O) groups is 1. The maximum Gasteiger partial charge on any atom is 0.254 e. The highest BCUT2D eigenvalue weighted by Crippen LogP contribution is 2.23. The molecule has 2 aromatic rings. The molecule has 0 spiro atoms. The second kappa shape index (κ2) is 8.61. The number of hydrogen-bond donors (Lipinski definition) is 0. The molecule has 0 bridgehead atoms. The maximum absolute atomic E-state index is 13.2. The van der Waals surface area contributed by atoms with Crippen LogP contribution in [0.5, 0.6) is 5.75 Å². The van der Waals surface area contributed by atoms with Crippen LogP contribution in [0, 0.1) is 6.92 Å². The summed E-state index contributed by atoms with van der Waals surface area (Å²) in [6.45, 7) is 6.40. The number of ether oxygens (including phenoxy) is 1. The smallest absolute Gasteiger partial charge is 0.254 e. The summed E-state index contributed by atoms with van der Waals surface area (Å²) in [5.41, 5.74) is 2.64. The van der Waals surface area contributed by atoms with Crippen molar-refractivity contribution in [1.29, 1.82) is 0 Å². The van der Waals surface area contributed by atoms with Gasteiger partial charge < -0.3 is 9.64 Å². The molecule has 1 amide bonds. The Kier molecular flexibility index (Phi) is 6.19. The Balaban J connectivity index is 1.83. The first-order valence-corrected chi connectivity index (χ1v) is 11.1. The Bertz CT molecular complexity index is 934. The Morgan fingerprint density at radius 3 is 2.43 bits per heavy atom. The molecule has 28 heavy (non-hydrogen) atoms. The summed E-state index contributed by atoms with van der Waals surface area (Å²) in [5, 5.41) is 0. The van der Waals surface area contributed by atoms with Gasteiger partial charge in [-0.05, 0) is 43.2 Å². The predicted octanol–water partition coefficient (Wildman–Crippen LogP) is 3.39. The second-order valence-corrected chi connectivity index (χ2v) is 9.33. The summed E-state index contributed by atoms with van der Waals surface area (Å²) >= 11 is 0. The topological polar surface area (TPSA) is 63.7 Å². The average molecular weight is 400 g/mol. The van der Waals surface area contributed by atoms with Gasteiger partial charge in [0, 0.05) is 18.2 Å². The summed E-state index contributed by atoms with van der Waals surface area (Å²) < 4.78 is 29.4. The van der Waals surface area contributed by atoms with Crippen LogP contribution in [-0.2, 0) is 16.4 Å². The van der Waals surface area contributed by atoms with E-state index >= 15 is 0 Å². The van der Waals surface area contributed by atoms with Crippen molar-refractivity contribution in [2.45, 2.75) is 25.9 Å². The van der Waals surface area contributed by atoms with E-state index in [9.17, 15) is 13.2 Å². The average Bonchev–Trinajstić information content (AvgIpc) is 3.05. The highest BCUT2D eigenvalue weighted by molar-refractivity contribution is 7.91. The SMILES string of the molecule is C=CCOc1ccc(C(=O)N(Cc2ccc(C)cc2)[C@H]2CCS(=O)(=O)C2)cc1. The maximum atomic E-state index is 13.2. The summed E-state index contributed by atoms with van der Waals surface area (Å²) in [6, 6.07) is 14.5. The number of hydrogen-bond acceptors (Lipinski definition) is 4. The zero-order valence-electron chi connectivity index (χ0n) is 16.0. The number of aryl methyl sites for hydroxylation is 1. The zero-order chi connectivity index (χ0) is 20.1. The fourth-order valence-corrected chi connectivity index (χ4v) is 5.02. The molecule has 0 saturated carbocycles. The van der Waals surface area contributed by atoms with E-state index < -0.39 is 9.84 Å². The lowest BCUT2D eigenvalue weighted by Gasteiger charge is -2.28. The van der Waals surface area contributed by atoms with Gasteiger partial charge in [0.2, 0.25) is 0 Å². The standard InChI is InChI=1S/C22H25NO4S/c1-3-13-27-21-10-8-19(9-11-21)22(24)23(20-12-14-28(25,26)16-20)15-18-6-4-17(2)5-7-18/h3-11,20H,1,12-16H2,2H3/t20-/m0/s1. The molecule has 5 nitrogen and oxygen atoms in total. The van der Waals surface area contributed by atoms with Gasteiger partial charge in [0.25, 0.3) is 5.91 Å². The van der Waals surface area contributed by atoms with Crippen LogP contribution in [0.25, 0.3) is 0 Å². The number of nitrogens with zero attached hydrogens (tertiary/aromatic N) is 1. The van der Waals surface area contributed by atoms with Crippen molar-refractivity contribution >= 4 is 15.7 Å². The number of amides is 1. The molecule has 148 valence electrons. The Morgan fingerprint density at radius 2 is 1.86 bits per heavy atom. The van der Waals surface area contributed by atoms with Gasteiger partial charge in [-0.2, -0.15) is 0 Å². The number of sulfone groups is 1. The van der Waals surface area contributed by atoms with Gasteiger partial charge in [-0.25, -0.2) is 8.42 Å². The minimum absolute atomic E-state index is 0.0190. The van der Waals surface area contributed by atoms with E-state index in [4.69, 9.17) is 4.74 Å². The quantitative estimate of drug-likeness (QED) is 0.670. The summed E-state index contributed by atoms with van der Waals surface area (Å²) in [6.07, 6.45) is 2.13. The van der Waals surface area contributed by atoms with Crippen LogP contribution >= 0.6 is 0 Å². The monoisotopic (exact) mass is 399 g/mol. The van der Waals surface area contributed by atoms with E-state index in [1.54, 1.807) is 35.2 Å². The van der Waals surface area contributed by atoms with Crippen LogP contribution in [0.3, 0.4) is 0 Å². The minimum Gasteiger partial charge on any atom is -0.490 e. The van der Waals surface area contributed by atoms with Crippen molar-refractivity contribution in [2.75, 3.05) is 18.1 Å². The second-order valence-electron chi connectivity index (χ2n) is 7.10. The van der Waals surface area contributed by atoms with Gasteiger partial charge in [-0.15, -0.1) is 0 Å². The van der Waals surface area contributed by atoms with Gasteiger partial charge in [-0.1, -0.05) is 42.5 Å². The van der Waals surface area contributed by atoms with Gasteiger partial charge in [-0.3, -0.25) is 4.79 Å². The molecule has 0 N–H and O–H groups in total. The third kappa shape index (κ3) is 5.01. The first-order chi connectivity index (χ1) is 13.4. The molecule has 0 aromatic heterocycles. The lowest BCUT2D eigenvalue weighted by molar-refractivity contribution is 0.0681. The first-order valence-electron chi connectivity index (χ1n) is 9.28. The number of rotatable bonds is 7. The molecular weight excluding hydrogens is 374 g/mol. The van der Waals surface area contributed by atoms with Crippen molar-refractivity contribution in [3.8, 4) is 5.75 Å². The van der Waals surface area contributed by atoms with Crippen LogP contribution in [-0.4, -0.2) is 43.4 Å². The van der Waals surface area contributed by atoms with Crippen LogP contribution in [0.2, 0.25) is 0 Å². The minimum atomic E-state index is -3.10. The Hall–Kier alpha value is -2.60. The van der Waals surface area contributed by atoms with E-state index in [1.807, 2.05) is 31.2 Å². The third-order valence-electron chi connectivity index (χ3n) is 4.85. The van der Waals surface area contributed by atoms with Crippen molar-refractivity contribution in [3.63, 3.8) is 0 Å². The van der Waals surface area contributed by atoms with E-state index in [1.165, 1.54) is 0 Å². The normalized spacial score (nSPS) is 17.8. The van der Waals surface area contributed by atoms with Crippen molar-refractivity contribution < 1.29 is 17.9 Å². The van der Waals surface area contributed by atoms with Crippen molar-refractivity contribution in [3.05, 3.63) is 77.9 Å². The van der Waals surface area contributed by atoms with Gasteiger partial charge in [0.1, 0.15) is 12.4 Å². The molecule has 1 aliphatic heterocycles. The molecule has 1 heterocycles. The molecule has 0 unspecified atom stereocenters. The first kappa shape index (κ1) is 20.1. The molecular formula is C22H25NO4S. The summed E-state index contributed by atoms with van der Waals surface area (Å²) in [4.78, 5) is 14.9. The Morgan fingerprint density at radius 1 is 1.18 bits per heavy atom. The third-order valence-corrected chi connectivity index (χ3v) is 6.60. The molecule has 1 atom stereocenters. The number of carbonyl (C=O) groups excluding carboxylic acids is 1. The fraction of sp³-hybridized carbons (Fsp3) is 0.318. The number of benzene rings is 2. The van der Waals surface area contributed by atoms with Gasteiger partial charge in [0.05, 0.1) is 11.5 Å². The molecule has 3 rings (SSSR count). The molecule has 1 saturated heterocycles. The summed E-state index contributed by atoms with van der Waals surface area (Å²) in [5.74, 6) is 0.636. The molecule has 1 fully saturated rings. The van der Waals surface area contributed by atoms with E-state index in [2.05, 4.69) is 6.58 Å². The molecule has 2 aromatic carbocycles. The van der Waals surface area contributed by atoms with Crippen LogP contribution in [0.1, 0.15) is 27.9 Å². The van der Waals surface area contributed by atoms with E-state index in [0.717, 1.165) is 11.1 Å². The predicted molar refractivity (Wildman–Crippen MR) is 110 cm³/mol. The van der Waals surface area contributed by atoms with E-state index in [-0.39, 0.29) is 23.5 Å². The van der Waals surface area contributed by atoms with Crippen LogP contribution in [0.4, 0.5) is 0 Å². The Labute approximate surface area is 166 Å². The highest BCUT2D eigenvalue weighted by atomic mass is 32.2. The molecule has 6 heteroatoms. The van der Waals surface area contributed by atoms with Crippen molar-refractivity contribution in [1.82, 2.24) is 4.90 Å². The van der Waals surface area contributed by atoms with Gasteiger partial charge in [0.15, 0.2) is 9.84 Å². The molecule has 0 radical (unpaired) electrons. The largest absolute Gasteiger partial charge is 0.490 e. The zero-order valence-corrected chi connectivity index (χ0v) is 16.8. The lowest BCUT2D eigenvalue weighted by atomic mass is 10.1. The van der Waals surface area contributed by atoms with Crippen LogP contribution < -0.4 is 4.74 Å². The van der Waals surface area contributed by atoms with E-state index in [0.29, 0.717) is 30.9 Å². The fourth-order valence-electron chi connectivity index (χ4n) is 3.29. The lowest BCUT2D eigenvalue weighted by Crippen LogP contribution is -2.40. The molecule has 0 aliphatic carbocycles.